The molecular weight excluding hydrogens is 394 g/mol. The molecule has 0 radical (unpaired) electrons. The number of carbonyl (C=O) groups excluding carboxylic acids is 1. The lowest BCUT2D eigenvalue weighted by molar-refractivity contribution is -0.384. The predicted molar refractivity (Wildman–Crippen MR) is 117 cm³/mol. The van der Waals surface area contributed by atoms with Gasteiger partial charge in [0.1, 0.15) is 0 Å². The van der Waals surface area contributed by atoms with Gasteiger partial charge in [0.25, 0.3) is 11.6 Å². The second kappa shape index (κ2) is 8.58. The summed E-state index contributed by atoms with van der Waals surface area (Å²) in [5, 5.41) is 18.7. The summed E-state index contributed by atoms with van der Waals surface area (Å²) in [5.41, 5.74) is 2.86. The molecule has 0 unspecified atom stereocenters. The maximum atomic E-state index is 13.1. The molecule has 1 aromatic heterocycles. The fourth-order valence-electron chi connectivity index (χ4n) is 3.04. The van der Waals surface area contributed by atoms with E-state index < -0.39 is 10.8 Å². The SMILES string of the molecule is Cc1ccc(-c2nc(NCc3ccccc3)n(C(=O)c3cccc([N+](=O)[O-])c3)n2)cc1. The number of aryl methyl sites for hydroxylation is 1. The number of rotatable bonds is 6. The highest BCUT2D eigenvalue weighted by Gasteiger charge is 2.20. The Kier molecular flexibility index (Phi) is 5.53. The van der Waals surface area contributed by atoms with Gasteiger partial charge in [-0.2, -0.15) is 9.67 Å². The summed E-state index contributed by atoms with van der Waals surface area (Å²) in [4.78, 5) is 28.2. The predicted octanol–water partition coefficient (Wildman–Crippen LogP) is 4.46. The summed E-state index contributed by atoms with van der Waals surface area (Å²) in [6.45, 7) is 2.42. The Morgan fingerprint density at radius 2 is 1.77 bits per heavy atom. The van der Waals surface area contributed by atoms with Crippen LogP contribution in [0.25, 0.3) is 11.4 Å². The fourth-order valence-corrected chi connectivity index (χ4v) is 3.04. The Morgan fingerprint density at radius 1 is 1.03 bits per heavy atom. The quantitative estimate of drug-likeness (QED) is 0.370. The zero-order valence-electron chi connectivity index (χ0n) is 16.7. The van der Waals surface area contributed by atoms with Crippen LogP contribution in [0.4, 0.5) is 11.6 Å². The summed E-state index contributed by atoms with van der Waals surface area (Å²) in [7, 11) is 0. The number of carbonyl (C=O) groups is 1. The Balaban J connectivity index is 1.71. The van der Waals surface area contributed by atoms with Crippen LogP contribution in [-0.4, -0.2) is 25.6 Å². The van der Waals surface area contributed by atoms with Crippen molar-refractivity contribution in [3.8, 4) is 11.4 Å². The van der Waals surface area contributed by atoms with Crippen LogP contribution in [-0.2, 0) is 6.54 Å². The topological polar surface area (TPSA) is 103 Å². The van der Waals surface area contributed by atoms with E-state index in [0.717, 1.165) is 21.4 Å². The average Bonchev–Trinajstić information content (AvgIpc) is 3.22. The Morgan fingerprint density at radius 3 is 2.48 bits per heavy atom. The number of nitrogens with zero attached hydrogens (tertiary/aromatic N) is 4. The second-order valence-corrected chi connectivity index (χ2v) is 6.99. The molecule has 0 amide bonds. The minimum absolute atomic E-state index is 0.150. The standard InChI is InChI=1S/C23H19N5O3/c1-16-10-12-18(13-11-16)21-25-23(24-15-17-6-3-2-4-7-17)27(26-21)22(29)19-8-5-9-20(14-19)28(30)31/h2-14H,15H2,1H3,(H,24,25,26). The fraction of sp³-hybridized carbons (Fsp3) is 0.0870. The van der Waals surface area contributed by atoms with Gasteiger partial charge in [-0.05, 0) is 18.6 Å². The normalized spacial score (nSPS) is 10.6. The van der Waals surface area contributed by atoms with Crippen LogP contribution >= 0.6 is 0 Å². The number of anilines is 1. The number of nitrogens with one attached hydrogen (secondary N) is 1. The van der Waals surface area contributed by atoms with E-state index in [1.165, 1.54) is 24.3 Å². The van der Waals surface area contributed by atoms with Gasteiger partial charge in [0.2, 0.25) is 5.95 Å². The van der Waals surface area contributed by atoms with Gasteiger partial charge in [-0.3, -0.25) is 14.9 Å². The molecule has 0 bridgehead atoms. The number of non-ortho nitro benzene ring substituents is 1. The van der Waals surface area contributed by atoms with E-state index in [-0.39, 0.29) is 17.2 Å². The van der Waals surface area contributed by atoms with Crippen molar-refractivity contribution < 1.29 is 9.72 Å². The molecule has 0 fully saturated rings. The highest BCUT2D eigenvalue weighted by molar-refractivity contribution is 5.97. The van der Waals surface area contributed by atoms with Crippen molar-refractivity contribution in [1.29, 1.82) is 0 Å². The Bertz CT molecular complexity index is 1230. The van der Waals surface area contributed by atoms with Gasteiger partial charge in [0.05, 0.1) is 4.92 Å². The van der Waals surface area contributed by atoms with Crippen molar-refractivity contribution in [3.05, 3.63) is 106 Å². The van der Waals surface area contributed by atoms with Crippen LogP contribution < -0.4 is 5.32 Å². The first-order valence-corrected chi connectivity index (χ1v) is 9.62. The van der Waals surface area contributed by atoms with Gasteiger partial charge in [-0.15, -0.1) is 5.10 Å². The lowest BCUT2D eigenvalue weighted by atomic mass is 10.1. The minimum atomic E-state index is -0.537. The first-order valence-electron chi connectivity index (χ1n) is 9.62. The molecule has 0 aliphatic rings. The van der Waals surface area contributed by atoms with E-state index in [4.69, 9.17) is 0 Å². The van der Waals surface area contributed by atoms with E-state index in [1.807, 2.05) is 61.5 Å². The van der Waals surface area contributed by atoms with E-state index >= 15 is 0 Å². The molecule has 1 heterocycles. The number of hydrogen-bond donors (Lipinski definition) is 1. The summed E-state index contributed by atoms with van der Waals surface area (Å²) in [6, 6.07) is 22.9. The van der Waals surface area contributed by atoms with Crippen molar-refractivity contribution in [3.63, 3.8) is 0 Å². The van der Waals surface area contributed by atoms with Crippen LogP contribution in [0.15, 0.2) is 78.9 Å². The highest BCUT2D eigenvalue weighted by Crippen LogP contribution is 2.21. The lowest BCUT2D eigenvalue weighted by Gasteiger charge is -2.07. The van der Waals surface area contributed by atoms with Gasteiger partial charge in [0.15, 0.2) is 5.82 Å². The van der Waals surface area contributed by atoms with Gasteiger partial charge in [-0.25, -0.2) is 0 Å². The molecule has 0 saturated heterocycles. The number of nitro groups is 1. The molecule has 154 valence electrons. The molecular formula is C23H19N5O3. The maximum Gasteiger partial charge on any atom is 0.281 e. The summed E-state index contributed by atoms with van der Waals surface area (Å²) >= 11 is 0. The first kappa shape index (κ1) is 20.0. The summed E-state index contributed by atoms with van der Waals surface area (Å²) < 4.78 is 1.15. The second-order valence-electron chi connectivity index (χ2n) is 6.99. The van der Waals surface area contributed by atoms with E-state index in [2.05, 4.69) is 15.4 Å². The molecule has 8 nitrogen and oxygen atoms in total. The molecule has 0 atom stereocenters. The molecule has 4 rings (SSSR count). The zero-order chi connectivity index (χ0) is 21.8. The third kappa shape index (κ3) is 4.48. The smallest absolute Gasteiger partial charge is 0.281 e. The third-order valence-electron chi connectivity index (χ3n) is 4.71. The highest BCUT2D eigenvalue weighted by atomic mass is 16.6. The van der Waals surface area contributed by atoms with Gasteiger partial charge >= 0.3 is 0 Å². The van der Waals surface area contributed by atoms with Crippen LogP contribution in [0.2, 0.25) is 0 Å². The molecule has 4 aromatic rings. The van der Waals surface area contributed by atoms with E-state index in [9.17, 15) is 14.9 Å². The lowest BCUT2D eigenvalue weighted by Crippen LogP contribution is -2.17. The molecule has 0 aliphatic carbocycles. The summed E-state index contributed by atoms with van der Waals surface area (Å²) in [6.07, 6.45) is 0. The number of hydrogen-bond acceptors (Lipinski definition) is 6. The van der Waals surface area contributed by atoms with Crippen molar-refractivity contribution in [2.45, 2.75) is 13.5 Å². The average molecular weight is 413 g/mol. The largest absolute Gasteiger partial charge is 0.350 e. The first-order chi connectivity index (χ1) is 15.0. The van der Waals surface area contributed by atoms with Crippen molar-refractivity contribution in [2.75, 3.05) is 5.32 Å². The summed E-state index contributed by atoms with van der Waals surface area (Å²) in [5.74, 6) is 0.135. The molecule has 31 heavy (non-hydrogen) atoms. The van der Waals surface area contributed by atoms with Crippen LogP contribution in [0.5, 0.6) is 0 Å². The maximum absolute atomic E-state index is 13.1. The zero-order valence-corrected chi connectivity index (χ0v) is 16.7. The molecule has 0 spiro atoms. The Labute approximate surface area is 178 Å². The molecule has 8 heteroatoms. The monoisotopic (exact) mass is 413 g/mol. The number of nitro benzene ring substituents is 1. The van der Waals surface area contributed by atoms with Crippen molar-refractivity contribution in [2.24, 2.45) is 0 Å². The molecule has 3 aromatic carbocycles. The van der Waals surface area contributed by atoms with Gasteiger partial charge in [0, 0.05) is 29.8 Å². The van der Waals surface area contributed by atoms with Crippen molar-refractivity contribution >= 4 is 17.5 Å². The molecule has 1 N–H and O–H groups in total. The minimum Gasteiger partial charge on any atom is -0.350 e. The Hall–Kier alpha value is -4.33. The number of benzene rings is 3. The van der Waals surface area contributed by atoms with Gasteiger partial charge in [-0.1, -0.05) is 66.2 Å². The van der Waals surface area contributed by atoms with Crippen LogP contribution in [0.1, 0.15) is 21.5 Å². The third-order valence-corrected chi connectivity index (χ3v) is 4.71. The molecule has 0 saturated carbocycles. The molecule has 0 aliphatic heterocycles. The van der Waals surface area contributed by atoms with E-state index in [0.29, 0.717) is 12.4 Å². The number of aromatic nitrogens is 3. The van der Waals surface area contributed by atoms with E-state index in [1.54, 1.807) is 0 Å². The van der Waals surface area contributed by atoms with Crippen molar-refractivity contribution in [1.82, 2.24) is 14.8 Å². The van der Waals surface area contributed by atoms with Crippen LogP contribution in [0, 0.1) is 17.0 Å². The van der Waals surface area contributed by atoms with Gasteiger partial charge < -0.3 is 5.32 Å². The van der Waals surface area contributed by atoms with Crippen LogP contribution in [0.3, 0.4) is 0 Å².